The lowest BCUT2D eigenvalue weighted by Crippen LogP contribution is -2.19. The summed E-state index contributed by atoms with van der Waals surface area (Å²) in [6.45, 7) is 8.99. The molecular formula is C15H25N. The molecule has 0 bridgehead atoms. The van der Waals surface area contributed by atoms with E-state index in [1.54, 1.807) is 0 Å². The second-order valence-electron chi connectivity index (χ2n) is 5.26. The van der Waals surface area contributed by atoms with Crippen LogP contribution in [0.3, 0.4) is 0 Å². The minimum atomic E-state index is 0.827. The van der Waals surface area contributed by atoms with Crippen molar-refractivity contribution < 1.29 is 0 Å². The minimum absolute atomic E-state index is 0.827. The SMILES string of the molecule is Cc1ccc(CN(C)CCCC(C)C)cc1. The third kappa shape index (κ3) is 5.32. The smallest absolute Gasteiger partial charge is 0.0230 e. The van der Waals surface area contributed by atoms with Gasteiger partial charge in [0.1, 0.15) is 0 Å². The second kappa shape index (κ2) is 6.70. The van der Waals surface area contributed by atoms with E-state index in [9.17, 15) is 0 Å². The Labute approximate surface area is 100 Å². The number of aryl methyl sites for hydroxylation is 1. The van der Waals surface area contributed by atoms with Crippen molar-refractivity contribution in [3.63, 3.8) is 0 Å². The van der Waals surface area contributed by atoms with E-state index in [0.717, 1.165) is 12.5 Å². The molecule has 1 heteroatoms. The topological polar surface area (TPSA) is 3.24 Å². The molecule has 1 rings (SSSR count). The molecule has 0 spiro atoms. The molecule has 90 valence electrons. The number of benzene rings is 1. The quantitative estimate of drug-likeness (QED) is 0.702. The molecule has 1 nitrogen and oxygen atoms in total. The Bertz CT molecular complexity index is 287. The Morgan fingerprint density at radius 2 is 1.75 bits per heavy atom. The summed E-state index contributed by atoms with van der Waals surface area (Å²) in [5.41, 5.74) is 2.75. The molecule has 0 aliphatic heterocycles. The zero-order chi connectivity index (χ0) is 12.0. The Balaban J connectivity index is 2.28. The first-order valence-corrected chi connectivity index (χ1v) is 6.32. The van der Waals surface area contributed by atoms with Crippen molar-refractivity contribution in [2.75, 3.05) is 13.6 Å². The fourth-order valence-electron chi connectivity index (χ4n) is 1.85. The molecule has 0 aromatic heterocycles. The van der Waals surface area contributed by atoms with E-state index >= 15 is 0 Å². The van der Waals surface area contributed by atoms with Crippen LogP contribution in [0.25, 0.3) is 0 Å². The first kappa shape index (κ1) is 13.2. The Morgan fingerprint density at radius 1 is 1.12 bits per heavy atom. The average molecular weight is 219 g/mol. The molecule has 1 aromatic rings. The van der Waals surface area contributed by atoms with Gasteiger partial charge in [0.2, 0.25) is 0 Å². The van der Waals surface area contributed by atoms with Crippen LogP contribution in [-0.4, -0.2) is 18.5 Å². The van der Waals surface area contributed by atoms with E-state index in [2.05, 4.69) is 57.0 Å². The summed E-state index contributed by atoms with van der Waals surface area (Å²) in [5.74, 6) is 0.827. The Morgan fingerprint density at radius 3 is 2.31 bits per heavy atom. The molecule has 1 aromatic carbocycles. The molecule has 0 saturated heterocycles. The van der Waals surface area contributed by atoms with Crippen LogP contribution in [0.5, 0.6) is 0 Å². The monoisotopic (exact) mass is 219 g/mol. The zero-order valence-corrected chi connectivity index (χ0v) is 11.2. The van der Waals surface area contributed by atoms with E-state index in [0.29, 0.717) is 0 Å². The molecular weight excluding hydrogens is 194 g/mol. The molecule has 0 aliphatic rings. The van der Waals surface area contributed by atoms with Crippen LogP contribution < -0.4 is 0 Å². The van der Waals surface area contributed by atoms with Gasteiger partial charge in [0.25, 0.3) is 0 Å². The molecule has 0 radical (unpaired) electrons. The molecule has 0 unspecified atom stereocenters. The molecule has 16 heavy (non-hydrogen) atoms. The van der Waals surface area contributed by atoms with Gasteiger partial charge in [-0.15, -0.1) is 0 Å². The van der Waals surface area contributed by atoms with Crippen molar-refractivity contribution in [2.45, 2.75) is 40.2 Å². The van der Waals surface area contributed by atoms with Gasteiger partial charge >= 0.3 is 0 Å². The third-order valence-electron chi connectivity index (χ3n) is 2.89. The van der Waals surface area contributed by atoms with E-state index in [1.165, 1.54) is 30.5 Å². The van der Waals surface area contributed by atoms with Gasteiger partial charge in [0.05, 0.1) is 0 Å². The molecule has 0 atom stereocenters. The number of rotatable bonds is 6. The van der Waals surface area contributed by atoms with Gasteiger partial charge in [0.15, 0.2) is 0 Å². The van der Waals surface area contributed by atoms with Crippen LogP contribution in [0.1, 0.15) is 37.8 Å². The predicted molar refractivity (Wildman–Crippen MR) is 71.6 cm³/mol. The summed E-state index contributed by atoms with van der Waals surface area (Å²) in [4.78, 5) is 2.41. The summed E-state index contributed by atoms with van der Waals surface area (Å²) in [5, 5.41) is 0. The van der Waals surface area contributed by atoms with Crippen molar-refractivity contribution in [3.05, 3.63) is 35.4 Å². The lowest BCUT2D eigenvalue weighted by molar-refractivity contribution is 0.310. The van der Waals surface area contributed by atoms with E-state index in [-0.39, 0.29) is 0 Å². The molecule has 0 aliphatic carbocycles. The Kier molecular flexibility index (Phi) is 5.54. The molecule has 0 fully saturated rings. The predicted octanol–water partition coefficient (Wildman–Crippen LogP) is 3.86. The van der Waals surface area contributed by atoms with E-state index < -0.39 is 0 Å². The van der Waals surface area contributed by atoms with Gasteiger partial charge in [-0.1, -0.05) is 43.7 Å². The maximum Gasteiger partial charge on any atom is 0.0230 e. The number of hydrogen-bond acceptors (Lipinski definition) is 1. The van der Waals surface area contributed by atoms with Crippen molar-refractivity contribution >= 4 is 0 Å². The standard InChI is InChI=1S/C15H25N/c1-13(2)6-5-11-16(4)12-15-9-7-14(3)8-10-15/h7-10,13H,5-6,11-12H2,1-4H3. The van der Waals surface area contributed by atoms with Crippen molar-refractivity contribution in [2.24, 2.45) is 5.92 Å². The molecule has 0 N–H and O–H groups in total. The van der Waals surface area contributed by atoms with Gasteiger partial charge in [-0.2, -0.15) is 0 Å². The van der Waals surface area contributed by atoms with Gasteiger partial charge in [-0.3, -0.25) is 0 Å². The van der Waals surface area contributed by atoms with Crippen molar-refractivity contribution in [3.8, 4) is 0 Å². The first-order valence-electron chi connectivity index (χ1n) is 6.32. The van der Waals surface area contributed by atoms with Crippen LogP contribution in [0.15, 0.2) is 24.3 Å². The van der Waals surface area contributed by atoms with Crippen LogP contribution >= 0.6 is 0 Å². The van der Waals surface area contributed by atoms with Crippen LogP contribution in [0, 0.1) is 12.8 Å². The third-order valence-corrected chi connectivity index (χ3v) is 2.89. The normalized spacial score (nSPS) is 11.4. The highest BCUT2D eigenvalue weighted by atomic mass is 15.1. The van der Waals surface area contributed by atoms with Gasteiger partial charge in [-0.05, 0) is 44.8 Å². The maximum atomic E-state index is 2.41. The largest absolute Gasteiger partial charge is 0.302 e. The highest BCUT2D eigenvalue weighted by molar-refractivity contribution is 5.21. The second-order valence-corrected chi connectivity index (χ2v) is 5.26. The van der Waals surface area contributed by atoms with Gasteiger partial charge < -0.3 is 4.90 Å². The molecule has 0 heterocycles. The summed E-state index contributed by atoms with van der Waals surface area (Å²) in [6, 6.07) is 8.84. The minimum Gasteiger partial charge on any atom is -0.302 e. The maximum absolute atomic E-state index is 2.41. The van der Waals surface area contributed by atoms with Crippen LogP contribution in [-0.2, 0) is 6.54 Å². The van der Waals surface area contributed by atoms with Crippen LogP contribution in [0.4, 0.5) is 0 Å². The van der Waals surface area contributed by atoms with Crippen LogP contribution in [0.2, 0.25) is 0 Å². The summed E-state index contributed by atoms with van der Waals surface area (Å²) in [6.07, 6.45) is 2.64. The summed E-state index contributed by atoms with van der Waals surface area (Å²) in [7, 11) is 2.21. The van der Waals surface area contributed by atoms with Gasteiger partial charge in [0, 0.05) is 6.54 Å². The van der Waals surface area contributed by atoms with Crippen molar-refractivity contribution in [1.29, 1.82) is 0 Å². The lowest BCUT2D eigenvalue weighted by atomic mass is 10.1. The highest BCUT2D eigenvalue weighted by Crippen LogP contribution is 2.08. The number of hydrogen-bond donors (Lipinski definition) is 0. The lowest BCUT2D eigenvalue weighted by Gasteiger charge is -2.17. The Hall–Kier alpha value is -0.820. The molecule has 0 saturated carbocycles. The van der Waals surface area contributed by atoms with Gasteiger partial charge in [-0.25, -0.2) is 0 Å². The number of nitrogens with zero attached hydrogens (tertiary/aromatic N) is 1. The highest BCUT2D eigenvalue weighted by Gasteiger charge is 2.01. The molecule has 0 amide bonds. The fourth-order valence-corrected chi connectivity index (χ4v) is 1.85. The zero-order valence-electron chi connectivity index (χ0n) is 11.2. The fraction of sp³-hybridized carbons (Fsp3) is 0.600. The summed E-state index contributed by atoms with van der Waals surface area (Å²) < 4.78 is 0. The summed E-state index contributed by atoms with van der Waals surface area (Å²) >= 11 is 0. The van der Waals surface area contributed by atoms with E-state index in [1.807, 2.05) is 0 Å². The van der Waals surface area contributed by atoms with Crippen molar-refractivity contribution in [1.82, 2.24) is 4.90 Å². The average Bonchev–Trinajstić information content (AvgIpc) is 2.21. The first-order chi connectivity index (χ1) is 7.58. The van der Waals surface area contributed by atoms with E-state index in [4.69, 9.17) is 0 Å².